The fourth-order valence-corrected chi connectivity index (χ4v) is 1.91. The van der Waals surface area contributed by atoms with E-state index in [9.17, 15) is 24.6 Å². The molecular formula is C20H27O5-. The molecule has 138 valence electrons. The number of hydrogen-bond donors (Lipinski definition) is 1. The first-order chi connectivity index (χ1) is 12.1. The molecule has 1 N–H and O–H groups in total. The van der Waals surface area contributed by atoms with Gasteiger partial charge in [-0.2, -0.15) is 0 Å². The van der Waals surface area contributed by atoms with Crippen molar-refractivity contribution >= 4 is 18.0 Å². The summed E-state index contributed by atoms with van der Waals surface area (Å²) in [5, 5.41) is 19.8. The third-order valence-corrected chi connectivity index (χ3v) is 3.26. The van der Waals surface area contributed by atoms with Crippen molar-refractivity contribution in [1.82, 2.24) is 0 Å². The van der Waals surface area contributed by atoms with Gasteiger partial charge >= 0.3 is 0 Å². The lowest BCUT2D eigenvalue weighted by molar-refractivity contribution is -0.305. The van der Waals surface area contributed by atoms with Crippen LogP contribution in [0.25, 0.3) is 0 Å². The predicted molar refractivity (Wildman–Crippen MR) is 95.6 cm³/mol. The molecule has 0 saturated carbocycles. The van der Waals surface area contributed by atoms with Crippen molar-refractivity contribution < 1.29 is 24.6 Å². The number of unbranched alkanes of at least 4 members (excludes halogenated alkanes) is 3. The minimum Gasteiger partial charge on any atom is -0.550 e. The maximum atomic E-state index is 11.6. The Labute approximate surface area is 149 Å². The number of aliphatic hydroxyl groups is 1. The maximum absolute atomic E-state index is 11.6. The van der Waals surface area contributed by atoms with E-state index in [4.69, 9.17) is 0 Å². The smallest absolute Gasteiger partial charge is 0.159 e. The van der Waals surface area contributed by atoms with Crippen molar-refractivity contribution in [3.63, 3.8) is 0 Å². The molecule has 0 aromatic rings. The number of aliphatic hydroxyl groups excluding tert-OH is 1. The van der Waals surface area contributed by atoms with Crippen molar-refractivity contribution in [2.24, 2.45) is 0 Å². The number of rotatable bonds is 15. The summed E-state index contributed by atoms with van der Waals surface area (Å²) >= 11 is 0. The van der Waals surface area contributed by atoms with E-state index in [2.05, 4.69) is 0 Å². The third-order valence-electron chi connectivity index (χ3n) is 3.26. The molecule has 0 fully saturated rings. The van der Waals surface area contributed by atoms with Crippen LogP contribution in [0.4, 0.5) is 0 Å². The molecule has 0 aliphatic rings. The number of carboxylic acids is 1. The Kier molecular flexibility index (Phi) is 15.1. The highest BCUT2D eigenvalue weighted by Gasteiger charge is 1.97. The molecule has 25 heavy (non-hydrogen) atoms. The van der Waals surface area contributed by atoms with Crippen molar-refractivity contribution in [2.75, 3.05) is 0 Å². The van der Waals surface area contributed by atoms with Crippen LogP contribution in [-0.2, 0) is 14.4 Å². The Morgan fingerprint density at radius 3 is 2.40 bits per heavy atom. The first-order valence-electron chi connectivity index (χ1n) is 8.57. The van der Waals surface area contributed by atoms with Gasteiger partial charge in [0.15, 0.2) is 5.78 Å². The SMILES string of the molecule is O=CCCCC/C=C\CC(=O)/C=C/C=C/C=C\[C@@H](O)CCCC(=O)[O-]. The van der Waals surface area contributed by atoms with E-state index in [1.807, 2.05) is 12.2 Å². The Balaban J connectivity index is 3.82. The highest BCUT2D eigenvalue weighted by atomic mass is 16.4. The Morgan fingerprint density at radius 1 is 0.960 bits per heavy atom. The van der Waals surface area contributed by atoms with Gasteiger partial charge in [0.05, 0.1) is 6.10 Å². The van der Waals surface area contributed by atoms with Crippen LogP contribution in [-0.4, -0.2) is 29.2 Å². The first-order valence-corrected chi connectivity index (χ1v) is 8.57. The molecule has 0 rings (SSSR count). The quantitative estimate of drug-likeness (QED) is 0.161. The Morgan fingerprint density at radius 2 is 1.68 bits per heavy atom. The number of hydrogen-bond acceptors (Lipinski definition) is 5. The average molecular weight is 347 g/mol. The van der Waals surface area contributed by atoms with Crippen molar-refractivity contribution in [3.05, 3.63) is 48.6 Å². The van der Waals surface area contributed by atoms with Crippen LogP contribution >= 0.6 is 0 Å². The second-order valence-electron chi connectivity index (χ2n) is 5.55. The zero-order valence-corrected chi connectivity index (χ0v) is 14.5. The molecule has 0 saturated heterocycles. The molecule has 0 amide bonds. The molecule has 5 nitrogen and oxygen atoms in total. The molecule has 0 radical (unpaired) electrons. The van der Waals surface area contributed by atoms with Crippen LogP contribution in [0.3, 0.4) is 0 Å². The molecule has 0 heterocycles. The number of aliphatic carboxylic acids is 1. The maximum Gasteiger partial charge on any atom is 0.159 e. The van der Waals surface area contributed by atoms with E-state index in [0.717, 1.165) is 25.5 Å². The molecule has 0 unspecified atom stereocenters. The van der Waals surface area contributed by atoms with Crippen LogP contribution in [0.15, 0.2) is 48.6 Å². The Bertz CT molecular complexity index is 500. The van der Waals surface area contributed by atoms with Gasteiger partial charge < -0.3 is 19.8 Å². The molecule has 5 heteroatoms. The first kappa shape index (κ1) is 22.7. The molecule has 0 aliphatic carbocycles. The van der Waals surface area contributed by atoms with Crippen molar-refractivity contribution in [2.45, 2.75) is 57.5 Å². The van der Waals surface area contributed by atoms with Crippen LogP contribution in [0.2, 0.25) is 0 Å². The van der Waals surface area contributed by atoms with Crippen molar-refractivity contribution in [3.8, 4) is 0 Å². The monoisotopic (exact) mass is 347 g/mol. The predicted octanol–water partition coefficient (Wildman–Crippen LogP) is 2.21. The van der Waals surface area contributed by atoms with Crippen LogP contribution < -0.4 is 5.11 Å². The number of carbonyl (C=O) groups is 3. The number of carboxylic acid groups (broad SMARTS) is 1. The molecule has 1 atom stereocenters. The van der Waals surface area contributed by atoms with Crippen LogP contribution in [0.5, 0.6) is 0 Å². The fourth-order valence-electron chi connectivity index (χ4n) is 1.91. The zero-order chi connectivity index (χ0) is 18.8. The van der Waals surface area contributed by atoms with Gasteiger partial charge in [0.2, 0.25) is 0 Å². The van der Waals surface area contributed by atoms with Gasteiger partial charge in [-0.25, -0.2) is 0 Å². The van der Waals surface area contributed by atoms with E-state index >= 15 is 0 Å². The summed E-state index contributed by atoms with van der Waals surface area (Å²) in [6.07, 6.45) is 18.1. The van der Waals surface area contributed by atoms with Crippen molar-refractivity contribution in [1.29, 1.82) is 0 Å². The standard InChI is InChI=1S/C20H28O5/c21-17-10-6-2-1-3-7-12-18(22)13-8-4-5-9-14-19(23)15-11-16-20(24)25/h3-5,7-9,13-14,17,19,23H,1-2,6,10-12,15-16H2,(H,24,25)/p-1/b5-4+,7-3-,13-8+,14-9-/t19-/m1/s1. The highest BCUT2D eigenvalue weighted by Crippen LogP contribution is 2.02. The lowest BCUT2D eigenvalue weighted by atomic mass is 10.1. The van der Waals surface area contributed by atoms with Gasteiger partial charge in [-0.15, -0.1) is 0 Å². The summed E-state index contributed by atoms with van der Waals surface area (Å²) in [5.41, 5.74) is 0. The highest BCUT2D eigenvalue weighted by molar-refractivity contribution is 5.90. The summed E-state index contributed by atoms with van der Waals surface area (Å²) in [6, 6.07) is 0. The molecule has 0 aromatic carbocycles. The molecule has 0 spiro atoms. The summed E-state index contributed by atoms with van der Waals surface area (Å²) in [4.78, 5) is 31.9. The van der Waals surface area contributed by atoms with Crippen LogP contribution in [0.1, 0.15) is 51.4 Å². The van der Waals surface area contributed by atoms with Gasteiger partial charge in [-0.1, -0.05) is 42.5 Å². The van der Waals surface area contributed by atoms with E-state index in [-0.39, 0.29) is 12.2 Å². The topological polar surface area (TPSA) is 94.5 Å². The summed E-state index contributed by atoms with van der Waals surface area (Å²) < 4.78 is 0. The minimum atomic E-state index is -1.11. The zero-order valence-electron chi connectivity index (χ0n) is 14.5. The summed E-state index contributed by atoms with van der Waals surface area (Å²) in [7, 11) is 0. The summed E-state index contributed by atoms with van der Waals surface area (Å²) in [6.45, 7) is 0. The third kappa shape index (κ3) is 17.9. The molecule has 0 bridgehead atoms. The normalized spacial score (nSPS) is 13.3. The number of aldehydes is 1. The number of carbonyl (C=O) groups excluding carboxylic acids is 3. The number of allylic oxidation sites excluding steroid dienone is 7. The molecular weight excluding hydrogens is 320 g/mol. The van der Waals surface area contributed by atoms with E-state index in [1.54, 1.807) is 30.4 Å². The fraction of sp³-hybridized carbons (Fsp3) is 0.450. The lowest BCUT2D eigenvalue weighted by Gasteiger charge is -2.04. The molecule has 0 aromatic heterocycles. The molecule has 0 aliphatic heterocycles. The largest absolute Gasteiger partial charge is 0.550 e. The van der Waals surface area contributed by atoms with E-state index < -0.39 is 12.1 Å². The van der Waals surface area contributed by atoms with Gasteiger partial charge in [0.25, 0.3) is 0 Å². The second kappa shape index (κ2) is 16.6. The minimum absolute atomic E-state index is 0.0000796. The van der Waals surface area contributed by atoms with E-state index in [1.165, 1.54) is 6.08 Å². The number of ketones is 1. The van der Waals surface area contributed by atoms with Gasteiger partial charge in [0, 0.05) is 18.8 Å². The average Bonchev–Trinajstić information content (AvgIpc) is 2.56. The Hall–Kier alpha value is -2.27. The van der Waals surface area contributed by atoms with Crippen LogP contribution in [0, 0.1) is 0 Å². The van der Waals surface area contributed by atoms with E-state index in [0.29, 0.717) is 25.7 Å². The van der Waals surface area contributed by atoms with Gasteiger partial charge in [0.1, 0.15) is 6.29 Å². The lowest BCUT2D eigenvalue weighted by Crippen LogP contribution is -2.22. The van der Waals surface area contributed by atoms with Gasteiger partial charge in [-0.3, -0.25) is 4.79 Å². The second-order valence-corrected chi connectivity index (χ2v) is 5.55. The van der Waals surface area contributed by atoms with Gasteiger partial charge in [-0.05, 0) is 44.6 Å². The summed E-state index contributed by atoms with van der Waals surface area (Å²) in [5.74, 6) is -1.11.